The van der Waals surface area contributed by atoms with Gasteiger partial charge in [0.25, 0.3) is 0 Å². The second kappa shape index (κ2) is 11.1. The number of aromatic nitrogens is 1. The summed E-state index contributed by atoms with van der Waals surface area (Å²) in [6.45, 7) is 7.81. The molecule has 1 N–H and O–H groups in total. The van der Waals surface area contributed by atoms with Crippen LogP contribution in [0.2, 0.25) is 0 Å². The van der Waals surface area contributed by atoms with Gasteiger partial charge in [0.2, 0.25) is 5.88 Å². The van der Waals surface area contributed by atoms with Gasteiger partial charge in [0, 0.05) is 25.1 Å². The number of benzene rings is 2. The van der Waals surface area contributed by atoms with Gasteiger partial charge in [0.1, 0.15) is 11.5 Å². The van der Waals surface area contributed by atoms with E-state index >= 15 is 0 Å². The Morgan fingerprint density at radius 3 is 2.74 bits per heavy atom. The van der Waals surface area contributed by atoms with Gasteiger partial charge in [-0.15, -0.1) is 0 Å². The zero-order chi connectivity index (χ0) is 24.8. The first-order chi connectivity index (χ1) is 16.9. The van der Waals surface area contributed by atoms with Crippen molar-refractivity contribution < 1.29 is 18.8 Å². The van der Waals surface area contributed by atoms with Crippen LogP contribution in [0.3, 0.4) is 0 Å². The predicted octanol–water partition coefficient (Wildman–Crippen LogP) is 5.88. The number of nitrogens with zero attached hydrogens (tertiary/aromatic N) is 2. The van der Waals surface area contributed by atoms with E-state index in [0.29, 0.717) is 25.6 Å². The van der Waals surface area contributed by atoms with Crippen molar-refractivity contribution in [2.24, 2.45) is 5.92 Å². The summed E-state index contributed by atoms with van der Waals surface area (Å²) >= 11 is 0. The lowest BCUT2D eigenvalue weighted by Crippen LogP contribution is -2.42. The molecule has 1 aliphatic rings. The van der Waals surface area contributed by atoms with Gasteiger partial charge in [-0.25, -0.2) is 4.79 Å². The number of hydrogen-bond acceptors (Lipinski definition) is 5. The molecule has 3 aromatic rings. The van der Waals surface area contributed by atoms with E-state index in [1.54, 1.807) is 7.11 Å². The Hall–Kier alpha value is -3.74. The van der Waals surface area contributed by atoms with Gasteiger partial charge in [-0.3, -0.25) is 5.32 Å². The number of methoxy groups -OCH3 is 1. The number of likely N-dealkylation sites (tertiary alicyclic amines) is 1. The normalized spacial score (nSPS) is 16.9. The largest absolute Gasteiger partial charge is 0.497 e. The molecule has 35 heavy (non-hydrogen) atoms. The summed E-state index contributed by atoms with van der Waals surface area (Å²) in [7, 11) is 1.68. The van der Waals surface area contributed by atoms with Crippen LogP contribution in [0.15, 0.2) is 58.6 Å². The molecule has 2 heterocycles. The molecule has 0 saturated carbocycles. The second-order valence-corrected chi connectivity index (χ2v) is 8.99. The van der Waals surface area contributed by atoms with E-state index in [2.05, 4.69) is 41.7 Å². The highest BCUT2D eigenvalue weighted by Gasteiger charge is 2.25. The third kappa shape index (κ3) is 6.23. The molecule has 1 unspecified atom stereocenters. The Kier molecular flexibility index (Phi) is 7.75. The summed E-state index contributed by atoms with van der Waals surface area (Å²) in [5, 5.41) is 6.75. The maximum Gasteiger partial charge on any atom is 0.324 e. The molecule has 2 aromatic carbocycles. The summed E-state index contributed by atoms with van der Waals surface area (Å²) in [6.07, 6.45) is 3.85. The molecule has 4 rings (SSSR count). The molecule has 1 aliphatic heterocycles. The summed E-state index contributed by atoms with van der Waals surface area (Å²) in [4.78, 5) is 14.5. The van der Waals surface area contributed by atoms with E-state index in [1.807, 2.05) is 49.1 Å². The van der Waals surface area contributed by atoms with Gasteiger partial charge in [0.15, 0.2) is 0 Å². The molecular weight excluding hydrogens is 442 g/mol. The van der Waals surface area contributed by atoms with Crippen LogP contribution < -0.4 is 14.8 Å². The predicted molar refractivity (Wildman–Crippen MR) is 137 cm³/mol. The van der Waals surface area contributed by atoms with Crippen LogP contribution in [-0.4, -0.2) is 42.9 Å². The number of hydrogen-bond donors (Lipinski definition) is 1. The molecular formula is C28H33N3O4. The van der Waals surface area contributed by atoms with E-state index in [9.17, 15) is 4.79 Å². The third-order valence-electron chi connectivity index (χ3n) is 6.47. The van der Waals surface area contributed by atoms with E-state index in [-0.39, 0.29) is 11.9 Å². The summed E-state index contributed by atoms with van der Waals surface area (Å²) in [6, 6.07) is 16.0. The number of amides is 2. The Balaban J connectivity index is 1.32. The molecule has 7 heteroatoms. The van der Waals surface area contributed by atoms with Gasteiger partial charge in [-0.2, -0.15) is 0 Å². The monoisotopic (exact) mass is 475 g/mol. The minimum absolute atomic E-state index is 0.151. The van der Waals surface area contributed by atoms with Gasteiger partial charge in [-0.05, 0) is 61.6 Å². The van der Waals surface area contributed by atoms with Crippen LogP contribution >= 0.6 is 0 Å². The van der Waals surface area contributed by atoms with Crippen molar-refractivity contribution in [1.82, 2.24) is 10.1 Å². The molecule has 1 atom stereocenters. The fourth-order valence-corrected chi connectivity index (χ4v) is 4.18. The lowest BCUT2D eigenvalue weighted by molar-refractivity contribution is 0.197. The quantitative estimate of drug-likeness (QED) is 0.462. The first-order valence-electron chi connectivity index (χ1n) is 12.0. The molecule has 0 aliphatic carbocycles. The smallest absolute Gasteiger partial charge is 0.324 e. The van der Waals surface area contributed by atoms with Crippen LogP contribution in [0.25, 0.3) is 6.08 Å². The molecule has 1 saturated heterocycles. The number of nitrogens with one attached hydrogen (secondary N) is 1. The number of ether oxygens (including phenoxy) is 2. The number of aryl methyl sites for hydroxylation is 1. The van der Waals surface area contributed by atoms with Crippen molar-refractivity contribution in [2.75, 3.05) is 32.1 Å². The Bertz CT molecular complexity index is 1200. The first-order valence-corrected chi connectivity index (χ1v) is 12.0. The van der Waals surface area contributed by atoms with Gasteiger partial charge >= 0.3 is 6.03 Å². The van der Waals surface area contributed by atoms with Crippen LogP contribution in [0.1, 0.15) is 35.7 Å². The Morgan fingerprint density at radius 2 is 2.00 bits per heavy atom. The highest BCUT2D eigenvalue weighted by Crippen LogP contribution is 2.27. The highest BCUT2D eigenvalue weighted by molar-refractivity contribution is 5.88. The zero-order valence-electron chi connectivity index (χ0n) is 20.8. The summed E-state index contributed by atoms with van der Waals surface area (Å²) in [5.41, 5.74) is 5.25. The Morgan fingerprint density at radius 1 is 1.20 bits per heavy atom. The number of rotatable bonds is 7. The number of urea groups is 1. The van der Waals surface area contributed by atoms with E-state index < -0.39 is 0 Å². The molecule has 1 fully saturated rings. The van der Waals surface area contributed by atoms with Gasteiger partial charge in [0.05, 0.1) is 19.4 Å². The zero-order valence-corrected chi connectivity index (χ0v) is 20.8. The SMILES string of the molecule is COc1cccc(CCOc2cccc(C=C3CCN(C(=O)Nc4onc(C)c4C)CC3C)c2)c1. The molecule has 2 amide bonds. The van der Waals surface area contributed by atoms with Crippen LogP contribution in [0.4, 0.5) is 10.7 Å². The van der Waals surface area contributed by atoms with Gasteiger partial charge in [-0.1, -0.05) is 48.0 Å². The van der Waals surface area contributed by atoms with Gasteiger partial charge < -0.3 is 18.9 Å². The number of piperidine rings is 1. The molecule has 0 bridgehead atoms. The first kappa shape index (κ1) is 24.4. The van der Waals surface area contributed by atoms with Crippen molar-refractivity contribution in [3.63, 3.8) is 0 Å². The standard InChI is InChI=1S/C28H33N3O4/c1-19-18-31(28(32)29-27-20(2)21(3)30-35-27)13-11-24(19)15-23-8-6-10-26(17-23)34-14-12-22-7-5-9-25(16-22)33-4/h5-10,15-17,19H,11-14,18H2,1-4H3,(H,29,32). The van der Waals surface area contributed by atoms with E-state index in [4.69, 9.17) is 14.0 Å². The minimum atomic E-state index is -0.151. The fraction of sp³-hybridized carbons (Fsp3) is 0.357. The van der Waals surface area contributed by atoms with Crippen LogP contribution in [0, 0.1) is 19.8 Å². The van der Waals surface area contributed by atoms with Crippen molar-refractivity contribution in [2.45, 2.75) is 33.6 Å². The average Bonchev–Trinajstić information content (AvgIpc) is 3.18. The van der Waals surface area contributed by atoms with Crippen LogP contribution in [-0.2, 0) is 6.42 Å². The average molecular weight is 476 g/mol. The van der Waals surface area contributed by atoms with E-state index in [0.717, 1.165) is 41.2 Å². The fourth-order valence-electron chi connectivity index (χ4n) is 4.18. The number of anilines is 1. The molecule has 1 aromatic heterocycles. The summed E-state index contributed by atoms with van der Waals surface area (Å²) in [5.74, 6) is 2.38. The maximum absolute atomic E-state index is 12.7. The van der Waals surface area contributed by atoms with Crippen molar-refractivity contribution in [1.29, 1.82) is 0 Å². The topological polar surface area (TPSA) is 76.8 Å². The van der Waals surface area contributed by atoms with Crippen LogP contribution in [0.5, 0.6) is 11.5 Å². The number of carbonyl (C=O) groups is 1. The number of carbonyl (C=O) groups excluding carboxylic acids is 1. The second-order valence-electron chi connectivity index (χ2n) is 8.99. The van der Waals surface area contributed by atoms with E-state index in [1.165, 1.54) is 11.1 Å². The van der Waals surface area contributed by atoms with Crippen molar-refractivity contribution in [3.05, 3.63) is 76.5 Å². The molecule has 0 radical (unpaired) electrons. The highest BCUT2D eigenvalue weighted by atomic mass is 16.5. The lowest BCUT2D eigenvalue weighted by atomic mass is 9.91. The molecule has 0 spiro atoms. The third-order valence-corrected chi connectivity index (χ3v) is 6.47. The maximum atomic E-state index is 12.7. The summed E-state index contributed by atoms with van der Waals surface area (Å²) < 4.78 is 16.5. The molecule has 7 nitrogen and oxygen atoms in total. The lowest BCUT2D eigenvalue weighted by Gasteiger charge is -2.33. The Labute approximate surface area is 206 Å². The minimum Gasteiger partial charge on any atom is -0.497 e. The molecule has 184 valence electrons. The van der Waals surface area contributed by atoms with Crippen molar-refractivity contribution in [3.8, 4) is 11.5 Å². The van der Waals surface area contributed by atoms with Crippen molar-refractivity contribution >= 4 is 18.0 Å².